The number of benzene rings is 3. The molecule has 0 unspecified atom stereocenters. The van der Waals surface area contributed by atoms with Crippen molar-refractivity contribution >= 4 is 17.4 Å². The number of aryl methyl sites for hydroxylation is 1. The van der Waals surface area contributed by atoms with Crippen LogP contribution in [0.1, 0.15) is 41.7 Å². The molecule has 13 heteroatoms. The van der Waals surface area contributed by atoms with Gasteiger partial charge in [0.2, 0.25) is 5.91 Å². The fourth-order valence-corrected chi connectivity index (χ4v) is 6.07. The van der Waals surface area contributed by atoms with Crippen molar-refractivity contribution < 1.29 is 40.3 Å². The lowest BCUT2D eigenvalue weighted by atomic mass is 9.81. The van der Waals surface area contributed by atoms with Gasteiger partial charge in [0, 0.05) is 32.2 Å². The van der Waals surface area contributed by atoms with Crippen LogP contribution >= 0.6 is 0 Å². The number of rotatable bonds is 9. The van der Waals surface area contributed by atoms with Gasteiger partial charge in [-0.1, -0.05) is 36.4 Å². The van der Waals surface area contributed by atoms with Gasteiger partial charge in [-0.3, -0.25) is 4.79 Å². The molecule has 0 saturated carbocycles. The van der Waals surface area contributed by atoms with Crippen LogP contribution in [0.4, 0.5) is 42.2 Å². The topological polar surface area (TPSA) is 57.7 Å². The Labute approximate surface area is 285 Å². The van der Waals surface area contributed by atoms with E-state index in [1.807, 2.05) is 30.3 Å². The summed E-state index contributed by atoms with van der Waals surface area (Å²) in [5, 5.41) is 3.36. The minimum Gasteiger partial charge on any atom is -0.375 e. The molecule has 0 aliphatic carbocycles. The first-order valence-corrected chi connectivity index (χ1v) is 15.9. The monoisotopic (exact) mass is 702 g/mol. The maximum absolute atomic E-state index is 14.2. The van der Waals surface area contributed by atoms with Crippen molar-refractivity contribution in [1.29, 1.82) is 0 Å². The normalized spacial score (nSPS) is 15.7. The number of halogens is 7. The quantitative estimate of drug-likeness (QED) is 0.179. The average molecular weight is 703 g/mol. The summed E-state index contributed by atoms with van der Waals surface area (Å²) in [4.78, 5) is 22.0. The molecule has 4 aromatic rings. The summed E-state index contributed by atoms with van der Waals surface area (Å²) in [5.74, 6) is -0.708. The summed E-state index contributed by atoms with van der Waals surface area (Å²) in [7, 11) is 1.38. The van der Waals surface area contributed by atoms with E-state index < -0.39 is 46.2 Å². The molecule has 1 amide bonds. The highest BCUT2D eigenvalue weighted by Gasteiger charge is 2.41. The largest absolute Gasteiger partial charge is 0.416 e. The number of aromatic nitrogens is 1. The second kappa shape index (κ2) is 14.4. The van der Waals surface area contributed by atoms with Gasteiger partial charge < -0.3 is 19.9 Å². The van der Waals surface area contributed by atoms with Crippen molar-refractivity contribution in [3.63, 3.8) is 0 Å². The molecule has 0 spiro atoms. The summed E-state index contributed by atoms with van der Waals surface area (Å²) in [6.45, 7) is 6.86. The van der Waals surface area contributed by atoms with E-state index in [1.54, 1.807) is 19.1 Å². The number of hydrogen-bond donors (Lipinski definition) is 1. The highest BCUT2D eigenvalue weighted by atomic mass is 19.4. The molecule has 1 N–H and O–H groups in total. The molecule has 1 saturated heterocycles. The third-order valence-corrected chi connectivity index (χ3v) is 8.92. The smallest absolute Gasteiger partial charge is 0.375 e. The van der Waals surface area contributed by atoms with Gasteiger partial charge in [-0.15, -0.1) is 0 Å². The van der Waals surface area contributed by atoms with Crippen LogP contribution in [0.5, 0.6) is 0 Å². The van der Waals surface area contributed by atoms with E-state index in [0.717, 1.165) is 5.56 Å². The number of nitrogens with zero attached hydrogens (tertiary/aromatic N) is 3. The van der Waals surface area contributed by atoms with Crippen molar-refractivity contribution in [2.75, 3.05) is 43.1 Å². The number of alkyl halides is 6. The SMILES string of the molecule is Cc1cc(F)ccc1-c1cc(N2CCNC[C@H]2COCc2ccccc2)ncc1N(C)C(=O)C(C)(C)c1cc(C(F)(F)F)cc(C(F)(F)F)c1. The molecule has 6 nitrogen and oxygen atoms in total. The first kappa shape index (κ1) is 36.8. The molecule has 1 fully saturated rings. The lowest BCUT2D eigenvalue weighted by molar-refractivity contribution is -0.143. The summed E-state index contributed by atoms with van der Waals surface area (Å²) < 4.78 is 103. The minimum atomic E-state index is -5.08. The van der Waals surface area contributed by atoms with Crippen LogP contribution in [0.15, 0.2) is 79.0 Å². The van der Waals surface area contributed by atoms with Gasteiger partial charge in [-0.05, 0) is 79.4 Å². The Kier molecular flexibility index (Phi) is 10.6. The van der Waals surface area contributed by atoms with Crippen LogP contribution in [-0.2, 0) is 33.9 Å². The van der Waals surface area contributed by atoms with E-state index >= 15 is 0 Å². The van der Waals surface area contributed by atoms with Crippen LogP contribution in [0, 0.1) is 12.7 Å². The van der Waals surface area contributed by atoms with E-state index in [4.69, 9.17) is 4.74 Å². The number of carbonyl (C=O) groups is 1. The maximum Gasteiger partial charge on any atom is 0.416 e. The van der Waals surface area contributed by atoms with Crippen LogP contribution < -0.4 is 15.1 Å². The zero-order valence-corrected chi connectivity index (χ0v) is 27.9. The number of nitrogens with one attached hydrogen (secondary N) is 1. The number of carbonyl (C=O) groups excluding carboxylic acids is 1. The second-order valence-electron chi connectivity index (χ2n) is 12.9. The number of pyridine rings is 1. The molecule has 3 aromatic carbocycles. The van der Waals surface area contributed by atoms with E-state index in [-0.39, 0.29) is 17.8 Å². The van der Waals surface area contributed by atoms with Crippen molar-refractivity contribution in [1.82, 2.24) is 10.3 Å². The van der Waals surface area contributed by atoms with Gasteiger partial charge in [-0.2, -0.15) is 26.3 Å². The Bertz CT molecular complexity index is 1790. The number of anilines is 2. The molecule has 1 aliphatic rings. The Hall–Kier alpha value is -4.49. The number of likely N-dealkylation sites (N-methyl/N-ethyl adjacent to an activating group) is 1. The van der Waals surface area contributed by atoms with Crippen molar-refractivity contribution in [3.05, 3.63) is 113 Å². The van der Waals surface area contributed by atoms with Gasteiger partial charge in [-0.25, -0.2) is 9.37 Å². The standard InChI is InChI=1S/C37H37F7N4O2/c1-23-14-28(38)10-11-30(23)31-18-33(48-13-12-45-19-29(48)22-50-21-24-8-6-5-7-9-24)46-20-32(31)47(4)34(49)35(2,3)25-15-26(36(39,40)41)17-27(16-25)37(42,43)44/h5-11,14-18,20,29,45H,12-13,19,21-22H2,1-4H3/t29-/m0/s1. The first-order chi connectivity index (χ1) is 23.5. The van der Waals surface area contributed by atoms with Gasteiger partial charge in [0.25, 0.3) is 0 Å². The van der Waals surface area contributed by atoms with Crippen LogP contribution in [-0.4, -0.2) is 50.2 Å². The van der Waals surface area contributed by atoms with Crippen molar-refractivity contribution in [3.8, 4) is 11.1 Å². The Morgan fingerprint density at radius 3 is 2.18 bits per heavy atom. The molecule has 1 aliphatic heterocycles. The molecule has 50 heavy (non-hydrogen) atoms. The van der Waals surface area contributed by atoms with Crippen LogP contribution in [0.2, 0.25) is 0 Å². The van der Waals surface area contributed by atoms with Gasteiger partial charge in [0.15, 0.2) is 0 Å². The predicted molar refractivity (Wildman–Crippen MR) is 177 cm³/mol. The molecule has 266 valence electrons. The number of hydrogen-bond acceptors (Lipinski definition) is 5. The molecule has 1 aromatic heterocycles. The van der Waals surface area contributed by atoms with E-state index in [1.165, 1.54) is 44.1 Å². The number of ether oxygens (including phenoxy) is 1. The summed E-state index contributed by atoms with van der Waals surface area (Å²) in [6, 6.07) is 16.7. The maximum atomic E-state index is 14.2. The first-order valence-electron chi connectivity index (χ1n) is 15.9. The van der Waals surface area contributed by atoms with Crippen molar-refractivity contribution in [2.24, 2.45) is 0 Å². The molecule has 0 radical (unpaired) electrons. The Morgan fingerprint density at radius 1 is 0.920 bits per heavy atom. The molecule has 5 rings (SSSR count). The van der Waals surface area contributed by atoms with E-state index in [2.05, 4.69) is 15.2 Å². The predicted octanol–water partition coefficient (Wildman–Crippen LogP) is 8.17. The third kappa shape index (κ3) is 8.10. The molecule has 0 bridgehead atoms. The minimum absolute atomic E-state index is 0.0297. The number of piperazine rings is 1. The van der Waals surface area contributed by atoms with Gasteiger partial charge >= 0.3 is 12.4 Å². The highest BCUT2D eigenvalue weighted by molar-refractivity contribution is 6.03. The summed E-state index contributed by atoms with van der Waals surface area (Å²) >= 11 is 0. The zero-order chi connectivity index (χ0) is 36.4. The Morgan fingerprint density at radius 2 is 1.56 bits per heavy atom. The van der Waals surface area contributed by atoms with Crippen molar-refractivity contribution in [2.45, 2.75) is 51.2 Å². The van der Waals surface area contributed by atoms with Gasteiger partial charge in [0.1, 0.15) is 11.6 Å². The number of amides is 1. The lowest BCUT2D eigenvalue weighted by Crippen LogP contribution is -2.53. The molecule has 2 heterocycles. The van der Waals surface area contributed by atoms with Crippen LogP contribution in [0.25, 0.3) is 11.1 Å². The lowest BCUT2D eigenvalue weighted by Gasteiger charge is -2.38. The van der Waals surface area contributed by atoms with Crippen LogP contribution in [0.3, 0.4) is 0 Å². The fraction of sp³-hybridized carbons (Fsp3) is 0.351. The highest BCUT2D eigenvalue weighted by Crippen LogP contribution is 2.41. The molecular formula is C37H37F7N4O2. The second-order valence-corrected chi connectivity index (χ2v) is 12.9. The molecular weight excluding hydrogens is 665 g/mol. The summed E-state index contributed by atoms with van der Waals surface area (Å²) in [6.07, 6.45) is -8.72. The fourth-order valence-electron chi connectivity index (χ4n) is 6.07. The zero-order valence-electron chi connectivity index (χ0n) is 27.9. The summed E-state index contributed by atoms with van der Waals surface area (Å²) in [5.41, 5.74) is -2.50. The average Bonchev–Trinajstić information content (AvgIpc) is 3.07. The Balaban J connectivity index is 1.52. The van der Waals surface area contributed by atoms with E-state index in [0.29, 0.717) is 67.5 Å². The molecule has 1 atom stereocenters. The van der Waals surface area contributed by atoms with E-state index in [9.17, 15) is 35.5 Å². The van der Waals surface area contributed by atoms with Gasteiger partial charge in [0.05, 0.1) is 47.7 Å². The third-order valence-electron chi connectivity index (χ3n) is 8.92.